The van der Waals surface area contributed by atoms with Gasteiger partial charge in [-0.2, -0.15) is 0 Å². The van der Waals surface area contributed by atoms with Gasteiger partial charge >= 0.3 is 0 Å². The van der Waals surface area contributed by atoms with Gasteiger partial charge in [0.05, 0.1) is 5.56 Å². The molecule has 1 aliphatic heterocycles. The average Bonchev–Trinajstić information content (AvgIpc) is 2.34. The van der Waals surface area contributed by atoms with Crippen LogP contribution in [0.5, 0.6) is 0 Å². The molecule has 1 atom stereocenters. The van der Waals surface area contributed by atoms with Crippen molar-refractivity contribution >= 4 is 23.2 Å². The third-order valence-corrected chi connectivity index (χ3v) is 2.92. The molecule has 6 heteroatoms. The second kappa shape index (κ2) is 4.95. The Kier molecular flexibility index (Phi) is 3.36. The second-order valence-corrected chi connectivity index (χ2v) is 4.30. The Morgan fingerprint density at radius 2 is 2.22 bits per heavy atom. The van der Waals surface area contributed by atoms with Crippen molar-refractivity contribution in [3.05, 3.63) is 23.8 Å². The number of rotatable bonds is 3. The molecule has 1 heterocycles. The number of nitrogens with two attached hydrogens (primary N) is 2. The number of anilines is 2. The Hall–Kier alpha value is -2.24. The van der Waals surface area contributed by atoms with Crippen molar-refractivity contribution in [2.45, 2.75) is 18.9 Å². The summed E-state index contributed by atoms with van der Waals surface area (Å²) in [5.74, 6) is -0.630. The highest BCUT2D eigenvalue weighted by Crippen LogP contribution is 2.21. The van der Waals surface area contributed by atoms with Crippen molar-refractivity contribution in [3.8, 4) is 0 Å². The second-order valence-electron chi connectivity index (χ2n) is 4.30. The van der Waals surface area contributed by atoms with Crippen molar-refractivity contribution in [2.24, 2.45) is 5.73 Å². The van der Waals surface area contributed by atoms with E-state index in [0.717, 1.165) is 12.8 Å². The van der Waals surface area contributed by atoms with Crippen molar-refractivity contribution in [2.75, 3.05) is 17.6 Å². The molecule has 96 valence electrons. The number of primary amides is 1. The van der Waals surface area contributed by atoms with Gasteiger partial charge in [0.25, 0.3) is 5.91 Å². The molecule has 0 aromatic heterocycles. The van der Waals surface area contributed by atoms with E-state index in [-0.39, 0.29) is 11.9 Å². The molecule has 6 N–H and O–H groups in total. The van der Waals surface area contributed by atoms with Crippen LogP contribution in [0, 0.1) is 0 Å². The van der Waals surface area contributed by atoms with Gasteiger partial charge in [-0.25, -0.2) is 0 Å². The number of nitrogen functional groups attached to an aromatic ring is 1. The fraction of sp³-hybridized carbons (Fsp3) is 0.333. The monoisotopic (exact) mass is 248 g/mol. The molecule has 0 aliphatic carbocycles. The topological polar surface area (TPSA) is 110 Å². The normalized spacial score (nSPS) is 19.1. The van der Waals surface area contributed by atoms with Gasteiger partial charge in [-0.1, -0.05) is 0 Å². The average molecular weight is 248 g/mol. The zero-order valence-electron chi connectivity index (χ0n) is 9.90. The van der Waals surface area contributed by atoms with Gasteiger partial charge < -0.3 is 22.1 Å². The van der Waals surface area contributed by atoms with Crippen molar-refractivity contribution in [3.63, 3.8) is 0 Å². The number of piperidine rings is 1. The Morgan fingerprint density at radius 1 is 1.44 bits per heavy atom. The van der Waals surface area contributed by atoms with Crippen molar-refractivity contribution in [1.82, 2.24) is 5.32 Å². The largest absolute Gasteiger partial charge is 0.399 e. The quantitative estimate of drug-likeness (QED) is 0.567. The summed E-state index contributed by atoms with van der Waals surface area (Å²) in [6.07, 6.45) is 1.64. The Morgan fingerprint density at radius 3 is 2.89 bits per heavy atom. The van der Waals surface area contributed by atoms with Crippen LogP contribution in [0.1, 0.15) is 23.2 Å². The van der Waals surface area contributed by atoms with Crippen LogP contribution in [0.3, 0.4) is 0 Å². The van der Waals surface area contributed by atoms with E-state index in [9.17, 15) is 9.59 Å². The summed E-state index contributed by atoms with van der Waals surface area (Å²) in [4.78, 5) is 23.0. The predicted octanol–water partition coefficient (Wildman–Crippen LogP) is 0.0582. The maximum atomic E-state index is 11.6. The molecule has 2 amide bonds. The van der Waals surface area contributed by atoms with E-state index in [2.05, 4.69) is 10.6 Å². The summed E-state index contributed by atoms with van der Waals surface area (Å²) in [6.45, 7) is 0.696. The summed E-state index contributed by atoms with van der Waals surface area (Å²) in [5, 5.41) is 5.81. The Labute approximate surface area is 105 Å². The number of benzene rings is 1. The molecule has 2 rings (SSSR count). The molecule has 1 aromatic rings. The van der Waals surface area contributed by atoms with E-state index >= 15 is 0 Å². The first-order chi connectivity index (χ1) is 8.58. The number of nitrogens with one attached hydrogen (secondary N) is 2. The molecule has 1 aliphatic rings. The van der Waals surface area contributed by atoms with E-state index < -0.39 is 5.91 Å². The lowest BCUT2D eigenvalue weighted by molar-refractivity contribution is -0.123. The predicted molar refractivity (Wildman–Crippen MR) is 69.0 cm³/mol. The van der Waals surface area contributed by atoms with Crippen LogP contribution >= 0.6 is 0 Å². The zero-order chi connectivity index (χ0) is 13.1. The molecule has 1 unspecified atom stereocenters. The molecule has 18 heavy (non-hydrogen) atoms. The van der Waals surface area contributed by atoms with E-state index in [1.54, 1.807) is 12.1 Å². The molecule has 0 saturated carbocycles. The minimum absolute atomic E-state index is 0.0616. The van der Waals surface area contributed by atoms with Crippen LogP contribution in [0.25, 0.3) is 0 Å². The number of hydrogen-bond donors (Lipinski definition) is 4. The summed E-state index contributed by atoms with van der Waals surface area (Å²) >= 11 is 0. The molecular weight excluding hydrogens is 232 g/mol. The minimum atomic E-state index is -0.569. The highest BCUT2D eigenvalue weighted by atomic mass is 16.2. The van der Waals surface area contributed by atoms with Gasteiger partial charge in [-0.3, -0.25) is 9.59 Å². The molecule has 0 radical (unpaired) electrons. The summed E-state index contributed by atoms with van der Waals surface area (Å²) < 4.78 is 0. The Balaban J connectivity index is 2.22. The lowest BCUT2D eigenvalue weighted by atomic mass is 10.0. The molecule has 1 aromatic carbocycles. The highest BCUT2D eigenvalue weighted by Gasteiger charge is 2.23. The first kappa shape index (κ1) is 12.2. The standard InChI is InChI=1S/C12H16N4O2/c13-7-3-4-9(8(6-7)11(14)17)16-10-2-1-5-15-12(10)18/h3-4,6,10,16H,1-2,5,13H2,(H2,14,17)(H,15,18). The van der Waals surface area contributed by atoms with Gasteiger partial charge in [-0.15, -0.1) is 0 Å². The van der Waals surface area contributed by atoms with Crippen molar-refractivity contribution in [1.29, 1.82) is 0 Å². The summed E-state index contributed by atoms with van der Waals surface area (Å²) in [5.41, 5.74) is 12.2. The lowest BCUT2D eigenvalue weighted by Gasteiger charge is -2.24. The third kappa shape index (κ3) is 2.53. The van der Waals surface area contributed by atoms with Gasteiger partial charge in [0.1, 0.15) is 6.04 Å². The molecule has 0 bridgehead atoms. The zero-order valence-corrected chi connectivity index (χ0v) is 9.90. The molecule has 1 saturated heterocycles. The number of carbonyl (C=O) groups excluding carboxylic acids is 2. The van der Waals surface area contributed by atoms with Crippen LogP contribution in [0.15, 0.2) is 18.2 Å². The molecule has 1 fully saturated rings. The number of carbonyl (C=O) groups is 2. The van der Waals surface area contributed by atoms with Crippen molar-refractivity contribution < 1.29 is 9.59 Å². The fourth-order valence-corrected chi connectivity index (χ4v) is 1.99. The fourth-order valence-electron chi connectivity index (χ4n) is 1.99. The van der Waals surface area contributed by atoms with Crippen LogP contribution in [0.4, 0.5) is 11.4 Å². The number of amides is 2. The van der Waals surface area contributed by atoms with Crippen LogP contribution in [-0.4, -0.2) is 24.4 Å². The SMILES string of the molecule is NC(=O)c1cc(N)ccc1NC1CCCNC1=O. The highest BCUT2D eigenvalue weighted by molar-refractivity contribution is 6.00. The first-order valence-corrected chi connectivity index (χ1v) is 5.81. The maximum absolute atomic E-state index is 11.6. The van der Waals surface area contributed by atoms with Gasteiger partial charge in [0, 0.05) is 17.9 Å². The first-order valence-electron chi connectivity index (χ1n) is 5.81. The van der Waals surface area contributed by atoms with E-state index in [1.807, 2.05) is 0 Å². The maximum Gasteiger partial charge on any atom is 0.250 e. The van der Waals surface area contributed by atoms with Gasteiger partial charge in [0.2, 0.25) is 5.91 Å². The molecule has 6 nitrogen and oxygen atoms in total. The van der Waals surface area contributed by atoms with Crippen LogP contribution in [-0.2, 0) is 4.79 Å². The lowest BCUT2D eigenvalue weighted by Crippen LogP contribution is -2.44. The number of hydrogen-bond acceptors (Lipinski definition) is 4. The van der Waals surface area contributed by atoms with Gasteiger partial charge in [-0.05, 0) is 31.0 Å². The van der Waals surface area contributed by atoms with E-state index in [0.29, 0.717) is 23.5 Å². The molecular formula is C12H16N4O2. The summed E-state index contributed by atoms with van der Waals surface area (Å²) in [7, 11) is 0. The summed E-state index contributed by atoms with van der Waals surface area (Å²) in [6, 6.07) is 4.50. The van der Waals surface area contributed by atoms with Gasteiger partial charge in [0.15, 0.2) is 0 Å². The van der Waals surface area contributed by atoms with E-state index in [1.165, 1.54) is 6.07 Å². The minimum Gasteiger partial charge on any atom is -0.399 e. The Bertz CT molecular complexity index is 487. The third-order valence-electron chi connectivity index (χ3n) is 2.92. The van der Waals surface area contributed by atoms with Crippen LogP contribution < -0.4 is 22.1 Å². The molecule has 0 spiro atoms. The van der Waals surface area contributed by atoms with E-state index in [4.69, 9.17) is 11.5 Å². The van der Waals surface area contributed by atoms with Crippen LogP contribution in [0.2, 0.25) is 0 Å². The smallest absolute Gasteiger partial charge is 0.250 e.